The Bertz CT molecular complexity index is 573. The molecule has 0 bridgehead atoms. The number of hydrogen-bond donors (Lipinski definition) is 5. The summed E-state index contributed by atoms with van der Waals surface area (Å²) in [4.78, 5) is -0.114. The molecule has 0 spiro atoms. The van der Waals surface area contributed by atoms with Crippen LogP contribution in [-0.4, -0.2) is 49.1 Å². The Morgan fingerprint density at radius 2 is 1.55 bits per heavy atom. The molecule has 0 aliphatic carbocycles. The third-order valence-electron chi connectivity index (χ3n) is 3.14. The fourth-order valence-corrected chi connectivity index (χ4v) is 3.55. The summed E-state index contributed by atoms with van der Waals surface area (Å²) >= 11 is 0. The minimum absolute atomic E-state index is 0.0974. The molecule has 0 aliphatic heterocycles. The summed E-state index contributed by atoms with van der Waals surface area (Å²) in [5.74, 6) is 0. The standard InChI is InChI=1S/C12H20N2O5S/c1-8-3-4-9(2)11(10(8)13)20(18,19)14-12(5-15,6-16)7-17/h3-4,14-17H,5-7,13H2,1-2H3. The van der Waals surface area contributed by atoms with Crippen molar-refractivity contribution in [1.82, 2.24) is 4.72 Å². The molecule has 0 saturated heterocycles. The second-order valence-electron chi connectivity index (χ2n) is 4.80. The van der Waals surface area contributed by atoms with E-state index in [0.717, 1.165) is 0 Å². The molecule has 0 saturated carbocycles. The molecule has 1 aromatic carbocycles. The van der Waals surface area contributed by atoms with Crippen LogP contribution in [0.25, 0.3) is 0 Å². The van der Waals surface area contributed by atoms with Gasteiger partial charge in [-0.25, -0.2) is 8.42 Å². The summed E-state index contributed by atoms with van der Waals surface area (Å²) in [6.07, 6.45) is 0. The summed E-state index contributed by atoms with van der Waals surface area (Å²) in [6, 6.07) is 3.31. The molecular formula is C12H20N2O5S. The molecule has 20 heavy (non-hydrogen) atoms. The number of hydrogen-bond acceptors (Lipinski definition) is 6. The van der Waals surface area contributed by atoms with Crippen LogP contribution in [0.15, 0.2) is 17.0 Å². The third kappa shape index (κ3) is 3.10. The average molecular weight is 304 g/mol. The fourth-order valence-electron chi connectivity index (χ4n) is 1.75. The molecule has 0 fully saturated rings. The second kappa shape index (κ2) is 6.06. The molecule has 0 amide bonds. The molecule has 1 aromatic rings. The van der Waals surface area contributed by atoms with E-state index in [1.165, 1.54) is 0 Å². The predicted octanol–water partition coefficient (Wildman–Crippen LogP) is -1.12. The van der Waals surface area contributed by atoms with Crippen molar-refractivity contribution >= 4 is 15.7 Å². The van der Waals surface area contributed by atoms with E-state index in [0.29, 0.717) is 11.1 Å². The van der Waals surface area contributed by atoms with Crippen LogP contribution in [-0.2, 0) is 10.0 Å². The zero-order chi connectivity index (χ0) is 15.6. The highest BCUT2D eigenvalue weighted by molar-refractivity contribution is 7.89. The second-order valence-corrected chi connectivity index (χ2v) is 6.42. The summed E-state index contributed by atoms with van der Waals surface area (Å²) in [5, 5.41) is 27.6. The van der Waals surface area contributed by atoms with Gasteiger partial charge in [0.1, 0.15) is 10.4 Å². The number of nitrogens with two attached hydrogens (primary N) is 1. The molecule has 6 N–H and O–H groups in total. The number of aliphatic hydroxyl groups is 3. The molecular weight excluding hydrogens is 284 g/mol. The Labute approximate surface area is 118 Å². The number of rotatable bonds is 6. The van der Waals surface area contributed by atoms with Crippen molar-refractivity contribution in [3.05, 3.63) is 23.3 Å². The topological polar surface area (TPSA) is 133 Å². The van der Waals surface area contributed by atoms with Gasteiger partial charge in [0, 0.05) is 0 Å². The Kier molecular flexibility index (Phi) is 5.11. The van der Waals surface area contributed by atoms with E-state index < -0.39 is 35.4 Å². The summed E-state index contributed by atoms with van der Waals surface area (Å²) in [6.45, 7) is 1.02. The number of sulfonamides is 1. The fraction of sp³-hybridized carbons (Fsp3) is 0.500. The number of nitrogens with one attached hydrogen (secondary N) is 1. The van der Waals surface area contributed by atoms with Gasteiger partial charge in [-0.3, -0.25) is 0 Å². The van der Waals surface area contributed by atoms with Gasteiger partial charge in [0.2, 0.25) is 10.0 Å². The number of anilines is 1. The van der Waals surface area contributed by atoms with Crippen LogP contribution in [0.2, 0.25) is 0 Å². The highest BCUT2D eigenvalue weighted by Gasteiger charge is 2.35. The van der Waals surface area contributed by atoms with Gasteiger partial charge in [-0.2, -0.15) is 4.72 Å². The quantitative estimate of drug-likeness (QED) is 0.423. The van der Waals surface area contributed by atoms with Crippen molar-refractivity contribution in [2.75, 3.05) is 25.6 Å². The Morgan fingerprint density at radius 3 is 2.00 bits per heavy atom. The first kappa shape index (κ1) is 16.9. The van der Waals surface area contributed by atoms with Gasteiger partial charge in [-0.1, -0.05) is 12.1 Å². The minimum atomic E-state index is -4.09. The molecule has 0 heterocycles. The van der Waals surface area contributed by atoms with Gasteiger partial charge in [0.05, 0.1) is 25.5 Å². The van der Waals surface area contributed by atoms with Crippen molar-refractivity contribution < 1.29 is 23.7 Å². The van der Waals surface area contributed by atoms with Crippen LogP contribution < -0.4 is 10.5 Å². The van der Waals surface area contributed by atoms with Crippen LogP contribution >= 0.6 is 0 Å². The van der Waals surface area contributed by atoms with Crippen LogP contribution in [0.3, 0.4) is 0 Å². The zero-order valence-electron chi connectivity index (χ0n) is 11.4. The molecule has 7 nitrogen and oxygen atoms in total. The van der Waals surface area contributed by atoms with Crippen molar-refractivity contribution in [3.63, 3.8) is 0 Å². The Morgan fingerprint density at radius 1 is 1.10 bits per heavy atom. The maximum atomic E-state index is 12.4. The predicted molar refractivity (Wildman–Crippen MR) is 74.6 cm³/mol. The first-order valence-corrected chi connectivity index (χ1v) is 7.43. The normalized spacial score (nSPS) is 12.7. The van der Waals surface area contributed by atoms with E-state index in [-0.39, 0.29) is 10.6 Å². The van der Waals surface area contributed by atoms with Crippen molar-refractivity contribution in [2.24, 2.45) is 0 Å². The monoisotopic (exact) mass is 304 g/mol. The Balaban J connectivity index is 3.35. The van der Waals surface area contributed by atoms with E-state index in [2.05, 4.69) is 4.72 Å². The minimum Gasteiger partial charge on any atom is -0.397 e. The van der Waals surface area contributed by atoms with Gasteiger partial charge >= 0.3 is 0 Å². The van der Waals surface area contributed by atoms with Gasteiger partial charge in [0.15, 0.2) is 0 Å². The smallest absolute Gasteiger partial charge is 0.243 e. The molecule has 0 aromatic heterocycles. The Hall–Kier alpha value is -1.19. The lowest BCUT2D eigenvalue weighted by molar-refractivity contribution is 0.0582. The summed E-state index contributed by atoms with van der Waals surface area (Å²) in [5.41, 5.74) is 5.20. The van der Waals surface area contributed by atoms with Crippen molar-refractivity contribution in [1.29, 1.82) is 0 Å². The first-order chi connectivity index (χ1) is 9.23. The SMILES string of the molecule is Cc1ccc(C)c(S(=O)(=O)NC(CO)(CO)CO)c1N. The highest BCUT2D eigenvalue weighted by atomic mass is 32.2. The summed E-state index contributed by atoms with van der Waals surface area (Å²) < 4.78 is 26.9. The molecule has 1 rings (SSSR count). The van der Waals surface area contributed by atoms with Crippen molar-refractivity contribution in [2.45, 2.75) is 24.3 Å². The largest absolute Gasteiger partial charge is 0.397 e. The van der Waals surface area contributed by atoms with Gasteiger partial charge in [0.25, 0.3) is 0 Å². The lowest BCUT2D eigenvalue weighted by atomic mass is 10.1. The average Bonchev–Trinajstić information content (AvgIpc) is 2.40. The first-order valence-electron chi connectivity index (χ1n) is 5.95. The van der Waals surface area contributed by atoms with Crippen LogP contribution in [0, 0.1) is 13.8 Å². The maximum Gasteiger partial charge on any atom is 0.243 e. The van der Waals surface area contributed by atoms with Gasteiger partial charge in [-0.05, 0) is 25.0 Å². The molecule has 0 aliphatic rings. The maximum absolute atomic E-state index is 12.4. The van der Waals surface area contributed by atoms with Crippen molar-refractivity contribution in [3.8, 4) is 0 Å². The third-order valence-corrected chi connectivity index (χ3v) is 4.92. The van der Waals surface area contributed by atoms with E-state index in [1.807, 2.05) is 0 Å². The van der Waals surface area contributed by atoms with Crippen LogP contribution in [0.1, 0.15) is 11.1 Å². The number of nitrogen functional groups attached to an aromatic ring is 1. The van der Waals surface area contributed by atoms with Crippen LogP contribution in [0.5, 0.6) is 0 Å². The lowest BCUT2D eigenvalue weighted by Gasteiger charge is -2.29. The lowest BCUT2D eigenvalue weighted by Crippen LogP contribution is -2.57. The highest BCUT2D eigenvalue weighted by Crippen LogP contribution is 2.26. The van der Waals surface area contributed by atoms with E-state index >= 15 is 0 Å². The number of benzene rings is 1. The van der Waals surface area contributed by atoms with E-state index in [1.54, 1.807) is 26.0 Å². The zero-order valence-corrected chi connectivity index (χ0v) is 12.2. The molecule has 8 heteroatoms. The van der Waals surface area contributed by atoms with Gasteiger partial charge in [-0.15, -0.1) is 0 Å². The molecule has 114 valence electrons. The van der Waals surface area contributed by atoms with Crippen LogP contribution in [0.4, 0.5) is 5.69 Å². The molecule has 0 radical (unpaired) electrons. The van der Waals surface area contributed by atoms with E-state index in [4.69, 9.17) is 5.73 Å². The number of aryl methyl sites for hydroxylation is 2. The summed E-state index contributed by atoms with van der Waals surface area (Å²) in [7, 11) is -4.09. The van der Waals surface area contributed by atoms with E-state index in [9.17, 15) is 23.7 Å². The molecule has 0 atom stereocenters. The number of aliphatic hydroxyl groups excluding tert-OH is 3. The van der Waals surface area contributed by atoms with Gasteiger partial charge < -0.3 is 21.1 Å². The molecule has 0 unspecified atom stereocenters.